The lowest BCUT2D eigenvalue weighted by Gasteiger charge is -2.32. The first kappa shape index (κ1) is 12.5. The van der Waals surface area contributed by atoms with Crippen LogP contribution < -0.4 is 11.1 Å². The molecule has 4 N–H and O–H groups in total. The quantitative estimate of drug-likeness (QED) is 0.702. The van der Waals surface area contributed by atoms with Crippen LogP contribution in [0.3, 0.4) is 0 Å². The minimum atomic E-state index is -0.849. The molecule has 2 rings (SSSR count). The highest BCUT2D eigenvalue weighted by molar-refractivity contribution is 5.68. The van der Waals surface area contributed by atoms with Crippen LogP contribution in [0.15, 0.2) is 18.2 Å². The fourth-order valence-electron chi connectivity index (χ4n) is 2.30. The molecule has 1 aliphatic rings. The second-order valence-electron chi connectivity index (χ2n) is 4.80. The van der Waals surface area contributed by atoms with Crippen molar-refractivity contribution in [3.63, 3.8) is 0 Å². The lowest BCUT2D eigenvalue weighted by Crippen LogP contribution is -2.44. The smallest absolute Gasteiger partial charge is 0.407 e. The van der Waals surface area contributed by atoms with E-state index < -0.39 is 6.09 Å². The number of rotatable bonds is 2. The number of hydrogen-bond acceptors (Lipinski definition) is 3. The number of likely N-dealkylation sites (tertiary alicyclic amines) is 1. The number of benzene rings is 1. The lowest BCUT2D eigenvalue weighted by atomic mass is 10.1. The minimum Gasteiger partial charge on any atom is -0.465 e. The van der Waals surface area contributed by atoms with Crippen molar-refractivity contribution in [2.45, 2.75) is 25.8 Å². The number of carbonyl (C=O) groups is 1. The first-order chi connectivity index (χ1) is 8.56. The maximum atomic E-state index is 10.9. The third-order valence-corrected chi connectivity index (χ3v) is 3.26. The fourth-order valence-corrected chi connectivity index (χ4v) is 2.30. The standard InChI is InChI=1S/C13H19N3O2/c1-9-4-5-12(11(14)7-9)15-10-3-2-6-16(8-10)13(17)18/h4-5,7,10,15H,2-3,6,8,14H2,1H3,(H,17,18). The van der Waals surface area contributed by atoms with Crippen LogP contribution >= 0.6 is 0 Å². The molecule has 0 aliphatic carbocycles. The summed E-state index contributed by atoms with van der Waals surface area (Å²) in [6.45, 7) is 3.13. The molecule has 98 valence electrons. The number of aryl methyl sites for hydroxylation is 1. The molecular formula is C13H19N3O2. The molecule has 1 aliphatic heterocycles. The predicted octanol–water partition coefficient (Wildman–Crippen LogP) is 2.13. The van der Waals surface area contributed by atoms with Crippen molar-refractivity contribution in [3.8, 4) is 0 Å². The summed E-state index contributed by atoms with van der Waals surface area (Å²) in [5.41, 5.74) is 8.66. The van der Waals surface area contributed by atoms with Crippen molar-refractivity contribution in [2.24, 2.45) is 0 Å². The maximum Gasteiger partial charge on any atom is 0.407 e. The van der Waals surface area contributed by atoms with Gasteiger partial charge in [-0.3, -0.25) is 0 Å². The molecule has 0 radical (unpaired) electrons. The van der Waals surface area contributed by atoms with E-state index in [1.165, 1.54) is 4.90 Å². The summed E-state index contributed by atoms with van der Waals surface area (Å²) in [5, 5.41) is 12.3. The van der Waals surface area contributed by atoms with Gasteiger partial charge >= 0.3 is 6.09 Å². The fraction of sp³-hybridized carbons (Fsp3) is 0.462. The van der Waals surface area contributed by atoms with Gasteiger partial charge in [0.1, 0.15) is 0 Å². The summed E-state index contributed by atoms with van der Waals surface area (Å²) in [4.78, 5) is 12.4. The summed E-state index contributed by atoms with van der Waals surface area (Å²) >= 11 is 0. The molecule has 1 heterocycles. The molecule has 1 aromatic rings. The number of anilines is 2. The Morgan fingerprint density at radius 1 is 1.56 bits per heavy atom. The summed E-state index contributed by atoms with van der Waals surface area (Å²) in [6, 6.07) is 6.00. The van der Waals surface area contributed by atoms with Gasteiger partial charge in [-0.15, -0.1) is 0 Å². The van der Waals surface area contributed by atoms with Crippen LogP contribution in [0.5, 0.6) is 0 Å². The van der Waals surface area contributed by atoms with E-state index in [1.54, 1.807) is 0 Å². The van der Waals surface area contributed by atoms with Gasteiger partial charge in [0.05, 0.1) is 11.4 Å². The van der Waals surface area contributed by atoms with E-state index in [2.05, 4.69) is 5.32 Å². The predicted molar refractivity (Wildman–Crippen MR) is 71.8 cm³/mol. The van der Waals surface area contributed by atoms with Crippen molar-refractivity contribution in [3.05, 3.63) is 23.8 Å². The van der Waals surface area contributed by atoms with E-state index >= 15 is 0 Å². The van der Waals surface area contributed by atoms with Crippen molar-refractivity contribution in [1.29, 1.82) is 0 Å². The highest BCUT2D eigenvalue weighted by atomic mass is 16.4. The first-order valence-corrected chi connectivity index (χ1v) is 6.17. The van der Waals surface area contributed by atoms with Crippen LogP contribution in [0.2, 0.25) is 0 Å². The highest BCUT2D eigenvalue weighted by Gasteiger charge is 2.23. The number of nitrogens with one attached hydrogen (secondary N) is 1. The number of carboxylic acid groups (broad SMARTS) is 1. The second-order valence-corrected chi connectivity index (χ2v) is 4.80. The van der Waals surface area contributed by atoms with Gasteiger partial charge in [0.25, 0.3) is 0 Å². The average molecular weight is 249 g/mol. The molecule has 0 aromatic heterocycles. The summed E-state index contributed by atoms with van der Waals surface area (Å²) in [7, 11) is 0. The van der Waals surface area contributed by atoms with Crippen LogP contribution in [-0.2, 0) is 0 Å². The molecule has 0 spiro atoms. The topological polar surface area (TPSA) is 78.6 Å². The Morgan fingerprint density at radius 3 is 3.00 bits per heavy atom. The number of nitrogens with two attached hydrogens (primary N) is 1. The van der Waals surface area contributed by atoms with E-state index in [0.29, 0.717) is 18.8 Å². The van der Waals surface area contributed by atoms with Gasteiger partial charge in [0.2, 0.25) is 0 Å². The SMILES string of the molecule is Cc1ccc(NC2CCCN(C(=O)O)C2)c(N)c1. The Balaban J connectivity index is 2.02. The van der Waals surface area contributed by atoms with Crippen molar-refractivity contribution in [1.82, 2.24) is 4.90 Å². The molecule has 1 amide bonds. The number of amides is 1. The van der Waals surface area contributed by atoms with Gasteiger partial charge in [-0.2, -0.15) is 0 Å². The van der Waals surface area contributed by atoms with E-state index in [4.69, 9.17) is 10.8 Å². The molecular weight excluding hydrogens is 230 g/mol. The van der Waals surface area contributed by atoms with Gasteiger partial charge in [0, 0.05) is 19.1 Å². The molecule has 1 saturated heterocycles. The zero-order valence-corrected chi connectivity index (χ0v) is 10.5. The Kier molecular flexibility index (Phi) is 3.60. The number of hydrogen-bond donors (Lipinski definition) is 3. The molecule has 5 heteroatoms. The molecule has 0 saturated carbocycles. The Bertz CT molecular complexity index is 448. The molecule has 18 heavy (non-hydrogen) atoms. The Hall–Kier alpha value is -1.91. The molecule has 1 fully saturated rings. The second kappa shape index (κ2) is 5.16. The maximum absolute atomic E-state index is 10.9. The molecule has 0 bridgehead atoms. The molecule has 5 nitrogen and oxygen atoms in total. The van der Waals surface area contributed by atoms with Crippen LogP contribution in [0, 0.1) is 6.92 Å². The van der Waals surface area contributed by atoms with E-state index in [0.717, 1.165) is 24.1 Å². The highest BCUT2D eigenvalue weighted by Crippen LogP contribution is 2.22. The minimum absolute atomic E-state index is 0.139. The normalized spacial score (nSPS) is 19.6. The van der Waals surface area contributed by atoms with E-state index in [1.807, 2.05) is 25.1 Å². The zero-order valence-electron chi connectivity index (χ0n) is 10.5. The molecule has 1 aromatic carbocycles. The largest absolute Gasteiger partial charge is 0.465 e. The van der Waals surface area contributed by atoms with Crippen molar-refractivity contribution >= 4 is 17.5 Å². The van der Waals surface area contributed by atoms with Gasteiger partial charge in [-0.25, -0.2) is 4.79 Å². The third-order valence-electron chi connectivity index (χ3n) is 3.26. The molecule has 1 atom stereocenters. The Labute approximate surface area is 107 Å². The number of nitrogen functional groups attached to an aromatic ring is 1. The van der Waals surface area contributed by atoms with Crippen molar-refractivity contribution < 1.29 is 9.90 Å². The average Bonchev–Trinajstić information content (AvgIpc) is 2.33. The van der Waals surface area contributed by atoms with Crippen LogP contribution in [0.25, 0.3) is 0 Å². The zero-order chi connectivity index (χ0) is 13.1. The monoisotopic (exact) mass is 249 g/mol. The molecule has 1 unspecified atom stereocenters. The summed E-state index contributed by atoms with van der Waals surface area (Å²) < 4.78 is 0. The summed E-state index contributed by atoms with van der Waals surface area (Å²) in [5.74, 6) is 0. The third kappa shape index (κ3) is 2.85. The number of nitrogens with zero attached hydrogens (tertiary/aromatic N) is 1. The van der Waals surface area contributed by atoms with Gasteiger partial charge in [-0.05, 0) is 37.5 Å². The van der Waals surface area contributed by atoms with E-state index in [-0.39, 0.29) is 6.04 Å². The summed E-state index contributed by atoms with van der Waals surface area (Å²) in [6.07, 6.45) is 1.01. The first-order valence-electron chi connectivity index (χ1n) is 6.17. The van der Waals surface area contributed by atoms with Gasteiger partial charge < -0.3 is 21.1 Å². The lowest BCUT2D eigenvalue weighted by molar-refractivity contribution is 0.133. The van der Waals surface area contributed by atoms with Crippen molar-refractivity contribution in [2.75, 3.05) is 24.1 Å². The van der Waals surface area contributed by atoms with Crippen LogP contribution in [0.1, 0.15) is 18.4 Å². The Morgan fingerprint density at radius 2 is 2.33 bits per heavy atom. The van der Waals surface area contributed by atoms with E-state index in [9.17, 15) is 4.79 Å². The number of piperidine rings is 1. The van der Waals surface area contributed by atoms with Gasteiger partial charge in [-0.1, -0.05) is 6.07 Å². The van der Waals surface area contributed by atoms with Crippen LogP contribution in [0.4, 0.5) is 16.2 Å². The van der Waals surface area contributed by atoms with Crippen LogP contribution in [-0.4, -0.2) is 35.2 Å². The van der Waals surface area contributed by atoms with Gasteiger partial charge in [0.15, 0.2) is 0 Å².